The van der Waals surface area contributed by atoms with Crippen LogP contribution >= 0.6 is 23.2 Å². The van der Waals surface area contributed by atoms with E-state index in [1.165, 1.54) is 4.31 Å². The summed E-state index contributed by atoms with van der Waals surface area (Å²) in [6, 6.07) is 4.77. The summed E-state index contributed by atoms with van der Waals surface area (Å²) in [6.45, 7) is -0.231. The summed E-state index contributed by atoms with van der Waals surface area (Å²) in [5, 5.41) is 3.26. The van der Waals surface area contributed by atoms with Gasteiger partial charge in [-0.2, -0.15) is 4.31 Å². The zero-order chi connectivity index (χ0) is 17.7. The molecule has 0 spiro atoms. The Morgan fingerprint density at radius 2 is 1.71 bits per heavy atom. The molecule has 1 N–H and O–H groups in total. The normalized spacial score (nSPS) is 16.8. The molecule has 0 heterocycles. The zero-order valence-electron chi connectivity index (χ0n) is 13.6. The highest BCUT2D eigenvalue weighted by atomic mass is 35.5. The van der Waals surface area contributed by atoms with Gasteiger partial charge in [0.15, 0.2) is 0 Å². The van der Waals surface area contributed by atoms with Gasteiger partial charge < -0.3 is 5.32 Å². The molecule has 1 fully saturated rings. The van der Waals surface area contributed by atoms with E-state index in [2.05, 4.69) is 5.32 Å². The van der Waals surface area contributed by atoms with Gasteiger partial charge in [-0.3, -0.25) is 4.79 Å². The molecule has 0 radical (unpaired) electrons. The molecule has 1 aliphatic rings. The van der Waals surface area contributed by atoms with E-state index in [1.54, 1.807) is 18.2 Å². The highest BCUT2D eigenvalue weighted by Crippen LogP contribution is 2.30. The maximum Gasteiger partial charge on any atom is 0.239 e. The van der Waals surface area contributed by atoms with Gasteiger partial charge in [-0.25, -0.2) is 8.42 Å². The van der Waals surface area contributed by atoms with Gasteiger partial charge in [0.2, 0.25) is 15.9 Å². The van der Waals surface area contributed by atoms with Gasteiger partial charge in [-0.05, 0) is 25.0 Å². The van der Waals surface area contributed by atoms with Crippen molar-refractivity contribution in [2.75, 3.05) is 18.1 Å². The number of sulfonamides is 1. The number of rotatable bonds is 5. The molecular weight excluding hydrogens is 371 g/mol. The summed E-state index contributed by atoms with van der Waals surface area (Å²) in [5.41, 5.74) is 0.306. The third-order valence-corrected chi connectivity index (χ3v) is 6.09. The first-order valence-electron chi connectivity index (χ1n) is 7.99. The van der Waals surface area contributed by atoms with Crippen LogP contribution in [0.5, 0.6) is 0 Å². The van der Waals surface area contributed by atoms with Crippen LogP contribution in [-0.4, -0.2) is 37.5 Å². The SMILES string of the molecule is CS(=O)(=O)N(CC(=O)Nc1c(Cl)cccc1Cl)C1CCCCCC1. The fraction of sp³-hybridized carbons (Fsp3) is 0.562. The van der Waals surface area contributed by atoms with E-state index in [9.17, 15) is 13.2 Å². The number of benzene rings is 1. The quantitative estimate of drug-likeness (QED) is 0.772. The number of nitrogens with zero attached hydrogens (tertiary/aromatic N) is 1. The molecule has 0 saturated heterocycles. The van der Waals surface area contributed by atoms with Crippen LogP contribution in [0.2, 0.25) is 10.0 Å². The maximum atomic E-state index is 12.4. The van der Waals surface area contributed by atoms with Crippen molar-refractivity contribution in [2.24, 2.45) is 0 Å². The van der Waals surface area contributed by atoms with Crippen molar-refractivity contribution in [1.29, 1.82) is 0 Å². The number of anilines is 1. The molecule has 0 atom stereocenters. The number of carbonyl (C=O) groups excluding carboxylic acids is 1. The molecular formula is C16H22Cl2N2O3S. The van der Waals surface area contributed by atoms with Crippen molar-refractivity contribution in [3.8, 4) is 0 Å². The number of amides is 1. The van der Waals surface area contributed by atoms with Crippen LogP contribution in [0, 0.1) is 0 Å². The van der Waals surface area contributed by atoms with Crippen LogP contribution in [0.1, 0.15) is 38.5 Å². The third kappa shape index (κ3) is 5.34. The lowest BCUT2D eigenvalue weighted by Gasteiger charge is -2.28. The van der Waals surface area contributed by atoms with Crippen LogP contribution in [0.15, 0.2) is 18.2 Å². The Hall–Kier alpha value is -0.820. The second kappa shape index (κ2) is 8.52. The summed E-state index contributed by atoms with van der Waals surface area (Å²) in [6.07, 6.45) is 6.89. The van der Waals surface area contributed by atoms with Crippen molar-refractivity contribution >= 4 is 44.8 Å². The van der Waals surface area contributed by atoms with Crippen molar-refractivity contribution < 1.29 is 13.2 Å². The smallest absolute Gasteiger partial charge is 0.239 e. The molecule has 1 aromatic rings. The van der Waals surface area contributed by atoms with E-state index in [4.69, 9.17) is 23.2 Å². The average Bonchev–Trinajstić information content (AvgIpc) is 2.76. The van der Waals surface area contributed by atoms with E-state index in [1.807, 2.05) is 0 Å². The Kier molecular flexibility index (Phi) is 6.92. The number of hydrogen-bond donors (Lipinski definition) is 1. The van der Waals surface area contributed by atoms with Crippen LogP contribution in [0.4, 0.5) is 5.69 Å². The lowest BCUT2D eigenvalue weighted by molar-refractivity contribution is -0.116. The van der Waals surface area contributed by atoms with Gasteiger partial charge >= 0.3 is 0 Å². The van der Waals surface area contributed by atoms with Gasteiger partial charge in [-0.15, -0.1) is 0 Å². The fourth-order valence-corrected chi connectivity index (χ4v) is 4.60. The number of halogens is 2. The van der Waals surface area contributed by atoms with Gasteiger partial charge in [0.25, 0.3) is 0 Å². The van der Waals surface area contributed by atoms with E-state index in [0.29, 0.717) is 15.7 Å². The summed E-state index contributed by atoms with van der Waals surface area (Å²) in [4.78, 5) is 12.4. The maximum absolute atomic E-state index is 12.4. The lowest BCUT2D eigenvalue weighted by Crippen LogP contribution is -2.44. The van der Waals surface area contributed by atoms with E-state index in [0.717, 1.165) is 44.8 Å². The lowest BCUT2D eigenvalue weighted by atomic mass is 10.1. The predicted octanol–water partition coefficient (Wildman–Crippen LogP) is 3.92. The minimum Gasteiger partial charge on any atom is -0.322 e. The Bertz CT molecular complexity index is 666. The van der Waals surface area contributed by atoms with Crippen molar-refractivity contribution in [2.45, 2.75) is 44.6 Å². The van der Waals surface area contributed by atoms with Gasteiger partial charge in [0, 0.05) is 6.04 Å². The molecule has 24 heavy (non-hydrogen) atoms. The topological polar surface area (TPSA) is 66.5 Å². The molecule has 0 aliphatic heterocycles. The average molecular weight is 393 g/mol. The first kappa shape index (κ1) is 19.5. The Labute approximate surface area is 153 Å². The molecule has 5 nitrogen and oxygen atoms in total. The summed E-state index contributed by atoms with van der Waals surface area (Å²) < 4.78 is 25.6. The highest BCUT2D eigenvalue weighted by molar-refractivity contribution is 7.88. The fourth-order valence-electron chi connectivity index (χ4n) is 3.00. The van der Waals surface area contributed by atoms with Crippen LogP contribution in [0.25, 0.3) is 0 Å². The Balaban J connectivity index is 2.13. The number of hydrogen-bond acceptors (Lipinski definition) is 3. The van der Waals surface area contributed by atoms with Gasteiger partial charge in [0.1, 0.15) is 0 Å². The number of nitrogens with one attached hydrogen (secondary N) is 1. The Morgan fingerprint density at radius 3 is 2.21 bits per heavy atom. The van der Waals surface area contributed by atoms with Gasteiger partial charge in [-0.1, -0.05) is 55.0 Å². The number of para-hydroxylation sites is 1. The first-order chi connectivity index (χ1) is 11.3. The van der Waals surface area contributed by atoms with E-state index < -0.39 is 15.9 Å². The van der Waals surface area contributed by atoms with Crippen LogP contribution in [-0.2, 0) is 14.8 Å². The standard InChI is InChI=1S/C16H22Cl2N2O3S/c1-24(22,23)20(12-7-4-2-3-5-8-12)11-15(21)19-16-13(17)9-6-10-14(16)18/h6,9-10,12H,2-5,7-8,11H2,1H3,(H,19,21). The molecule has 134 valence electrons. The molecule has 2 rings (SSSR count). The molecule has 1 saturated carbocycles. The monoisotopic (exact) mass is 392 g/mol. The summed E-state index contributed by atoms with van der Waals surface area (Å²) in [7, 11) is -3.48. The summed E-state index contributed by atoms with van der Waals surface area (Å²) in [5.74, 6) is -0.445. The molecule has 0 unspecified atom stereocenters. The molecule has 8 heteroatoms. The van der Waals surface area contributed by atoms with Crippen LogP contribution < -0.4 is 5.32 Å². The zero-order valence-corrected chi connectivity index (χ0v) is 15.9. The minimum atomic E-state index is -3.48. The van der Waals surface area contributed by atoms with E-state index >= 15 is 0 Å². The third-order valence-electron chi connectivity index (χ3n) is 4.18. The molecule has 1 aliphatic carbocycles. The second-order valence-corrected chi connectivity index (χ2v) is 8.85. The molecule has 0 bridgehead atoms. The largest absolute Gasteiger partial charge is 0.322 e. The first-order valence-corrected chi connectivity index (χ1v) is 10.6. The molecule has 1 amide bonds. The second-order valence-electron chi connectivity index (χ2n) is 6.10. The van der Waals surface area contributed by atoms with Gasteiger partial charge in [0.05, 0.1) is 28.5 Å². The van der Waals surface area contributed by atoms with Crippen molar-refractivity contribution in [1.82, 2.24) is 4.31 Å². The van der Waals surface area contributed by atoms with E-state index in [-0.39, 0.29) is 12.6 Å². The Morgan fingerprint density at radius 1 is 1.17 bits per heavy atom. The van der Waals surface area contributed by atoms with Crippen LogP contribution in [0.3, 0.4) is 0 Å². The summed E-state index contributed by atoms with van der Waals surface area (Å²) >= 11 is 12.1. The van der Waals surface area contributed by atoms with Crippen molar-refractivity contribution in [3.05, 3.63) is 28.2 Å². The predicted molar refractivity (Wildman–Crippen MR) is 98.1 cm³/mol. The molecule has 1 aromatic carbocycles. The highest BCUT2D eigenvalue weighted by Gasteiger charge is 2.29. The molecule has 0 aromatic heterocycles. The minimum absolute atomic E-state index is 0.130. The van der Waals surface area contributed by atoms with Crippen molar-refractivity contribution in [3.63, 3.8) is 0 Å². The number of carbonyl (C=O) groups is 1.